The first-order valence-electron chi connectivity index (χ1n) is 13.0. The zero-order valence-corrected chi connectivity index (χ0v) is 24.3. The lowest BCUT2D eigenvalue weighted by atomic mass is 10.00. The van der Waals surface area contributed by atoms with E-state index in [2.05, 4.69) is 16.6 Å². The third-order valence-electron chi connectivity index (χ3n) is 5.85. The van der Waals surface area contributed by atoms with Gasteiger partial charge in [0.15, 0.2) is 0 Å². The maximum Gasteiger partial charge on any atom is 0.408 e. The Balaban J connectivity index is 2.59. The Morgan fingerprint density at radius 2 is 1.77 bits per heavy atom. The number of carbonyl (C=O) groups is 4. The van der Waals surface area contributed by atoms with Crippen molar-refractivity contribution in [2.45, 2.75) is 71.6 Å². The molecule has 0 aromatic heterocycles. The predicted molar refractivity (Wildman–Crippen MR) is 156 cm³/mol. The summed E-state index contributed by atoms with van der Waals surface area (Å²) in [5, 5.41) is 5.65. The van der Waals surface area contributed by atoms with Crippen LogP contribution in [0.3, 0.4) is 0 Å². The van der Waals surface area contributed by atoms with Crippen molar-refractivity contribution in [1.29, 1.82) is 0 Å². The second-order valence-corrected chi connectivity index (χ2v) is 10.8. The van der Waals surface area contributed by atoms with E-state index in [0.29, 0.717) is 34.7 Å². The number of aryl methyl sites for hydroxylation is 1. The number of para-hydroxylation sites is 1. The van der Waals surface area contributed by atoms with E-state index in [1.165, 1.54) is 4.90 Å². The topological polar surface area (TPSA) is 131 Å². The zero-order valence-electron chi connectivity index (χ0n) is 23.5. The lowest BCUT2D eigenvalue weighted by molar-refractivity contribution is -0.142. The van der Waals surface area contributed by atoms with Gasteiger partial charge in [0, 0.05) is 12.1 Å². The normalized spacial score (nSPS) is 12.4. The van der Waals surface area contributed by atoms with E-state index < -0.39 is 47.9 Å². The molecule has 4 N–H and O–H groups in total. The van der Waals surface area contributed by atoms with Gasteiger partial charge in [0.1, 0.15) is 17.7 Å². The number of benzene rings is 2. The molecule has 0 aliphatic carbocycles. The van der Waals surface area contributed by atoms with Crippen molar-refractivity contribution in [2.75, 3.05) is 11.9 Å². The Bertz CT molecular complexity index is 1240. The lowest BCUT2D eigenvalue weighted by Gasteiger charge is -2.34. The number of nitrogens with two attached hydrogens (primary N) is 1. The quantitative estimate of drug-likeness (QED) is 0.338. The molecule has 10 heteroatoms. The summed E-state index contributed by atoms with van der Waals surface area (Å²) in [6.07, 6.45) is 5.38. The van der Waals surface area contributed by atoms with Crippen LogP contribution < -0.4 is 16.4 Å². The first-order valence-corrected chi connectivity index (χ1v) is 13.4. The Morgan fingerprint density at radius 1 is 1.12 bits per heavy atom. The molecule has 2 atom stereocenters. The summed E-state index contributed by atoms with van der Waals surface area (Å²) < 4.78 is 5.30. The van der Waals surface area contributed by atoms with Crippen LogP contribution in [-0.4, -0.2) is 46.9 Å². The van der Waals surface area contributed by atoms with Gasteiger partial charge in [-0.1, -0.05) is 55.1 Å². The summed E-state index contributed by atoms with van der Waals surface area (Å²) in [6, 6.07) is 9.34. The highest BCUT2D eigenvalue weighted by Gasteiger charge is 2.37. The predicted octanol–water partition coefficient (Wildman–Crippen LogP) is 4.71. The molecule has 0 aliphatic heterocycles. The summed E-state index contributed by atoms with van der Waals surface area (Å²) in [7, 11) is 0. The number of halogens is 1. The van der Waals surface area contributed by atoms with E-state index in [9.17, 15) is 19.2 Å². The molecular weight excluding hydrogens is 532 g/mol. The van der Waals surface area contributed by atoms with Gasteiger partial charge in [-0.3, -0.25) is 14.4 Å². The van der Waals surface area contributed by atoms with Crippen LogP contribution in [0.4, 0.5) is 10.5 Å². The number of carbonyl (C=O) groups excluding carboxylic acids is 4. The second kappa shape index (κ2) is 14.4. The number of amides is 4. The maximum absolute atomic E-state index is 14.0. The van der Waals surface area contributed by atoms with Gasteiger partial charge < -0.3 is 26.0 Å². The van der Waals surface area contributed by atoms with E-state index in [0.717, 1.165) is 5.56 Å². The molecule has 214 valence electrons. The van der Waals surface area contributed by atoms with Gasteiger partial charge in [-0.15, -0.1) is 6.42 Å². The number of hydrogen-bond donors (Lipinski definition) is 3. The fourth-order valence-corrected chi connectivity index (χ4v) is 4.23. The molecule has 0 saturated carbocycles. The van der Waals surface area contributed by atoms with Crippen LogP contribution in [0, 0.1) is 19.3 Å². The molecule has 0 spiro atoms. The molecule has 0 fully saturated rings. The second-order valence-electron chi connectivity index (χ2n) is 10.3. The van der Waals surface area contributed by atoms with E-state index in [-0.39, 0.29) is 6.54 Å². The molecular formula is C30H37ClN4O5. The Kier molecular flexibility index (Phi) is 11.6. The minimum Gasteiger partial charge on any atom is -0.444 e. The van der Waals surface area contributed by atoms with Crippen molar-refractivity contribution < 1.29 is 23.9 Å². The van der Waals surface area contributed by atoms with E-state index in [1.54, 1.807) is 70.2 Å². The van der Waals surface area contributed by atoms with Crippen molar-refractivity contribution in [3.63, 3.8) is 0 Å². The van der Waals surface area contributed by atoms with Crippen molar-refractivity contribution in [1.82, 2.24) is 10.2 Å². The number of rotatable bonds is 11. The smallest absolute Gasteiger partial charge is 0.408 e. The molecule has 0 saturated heterocycles. The zero-order chi connectivity index (χ0) is 30.0. The Hall–Kier alpha value is -4.03. The van der Waals surface area contributed by atoms with Crippen LogP contribution in [0.25, 0.3) is 0 Å². The minimum absolute atomic E-state index is 0.150. The average Bonchev–Trinajstić information content (AvgIpc) is 2.86. The lowest BCUT2D eigenvalue weighted by Crippen LogP contribution is -2.53. The summed E-state index contributed by atoms with van der Waals surface area (Å²) in [5.74, 6) is 0.514. The number of ether oxygens (including phenoxy) is 1. The summed E-state index contributed by atoms with van der Waals surface area (Å²) in [6.45, 7) is 8.89. The third kappa shape index (κ3) is 9.31. The van der Waals surface area contributed by atoms with Gasteiger partial charge in [0.05, 0.1) is 17.1 Å². The first kappa shape index (κ1) is 32.2. The SMILES string of the molecule is C#Cc1ccc(C(C(=O)Nc2c(C)cccc2Cl)N(CCCC)C(=O)C(CC(N)=O)NC(=O)OC(C)(C)C)cc1. The highest BCUT2D eigenvalue weighted by Crippen LogP contribution is 2.30. The molecule has 40 heavy (non-hydrogen) atoms. The fraction of sp³-hybridized carbons (Fsp3) is 0.400. The van der Waals surface area contributed by atoms with Gasteiger partial charge in [0.2, 0.25) is 11.8 Å². The van der Waals surface area contributed by atoms with Gasteiger partial charge in [0.25, 0.3) is 5.91 Å². The summed E-state index contributed by atoms with van der Waals surface area (Å²) in [4.78, 5) is 53.8. The van der Waals surface area contributed by atoms with Crippen molar-refractivity contribution in [3.05, 3.63) is 64.2 Å². The molecule has 2 aromatic rings. The van der Waals surface area contributed by atoms with Crippen molar-refractivity contribution >= 4 is 41.1 Å². The number of primary amides is 1. The molecule has 2 aromatic carbocycles. The van der Waals surface area contributed by atoms with E-state index >= 15 is 0 Å². The summed E-state index contributed by atoms with van der Waals surface area (Å²) >= 11 is 6.38. The molecule has 2 rings (SSSR count). The molecule has 0 radical (unpaired) electrons. The molecule has 0 aliphatic rings. The van der Waals surface area contributed by atoms with Crippen LogP contribution in [0.15, 0.2) is 42.5 Å². The van der Waals surface area contributed by atoms with E-state index in [4.69, 9.17) is 28.5 Å². The van der Waals surface area contributed by atoms with Gasteiger partial charge in [-0.25, -0.2) is 4.79 Å². The minimum atomic E-state index is -1.37. The van der Waals surface area contributed by atoms with Crippen LogP contribution in [0.5, 0.6) is 0 Å². The molecule has 9 nitrogen and oxygen atoms in total. The number of nitrogens with one attached hydrogen (secondary N) is 2. The third-order valence-corrected chi connectivity index (χ3v) is 6.17. The average molecular weight is 569 g/mol. The maximum atomic E-state index is 14.0. The molecule has 0 bridgehead atoms. The standard InChI is InChI=1S/C30H37ClN4O5/c1-7-9-17-35(28(38)23(18-24(32)36)33-29(39)40-30(4,5)6)26(21-15-13-20(8-2)14-16-21)27(37)34-25-19(3)11-10-12-22(25)31/h2,10-16,23,26H,7,9,17-18H2,1,3-6H3,(H2,32,36)(H,33,39)(H,34,37). The highest BCUT2D eigenvalue weighted by atomic mass is 35.5. The number of nitrogens with zero attached hydrogens (tertiary/aromatic N) is 1. The number of hydrogen-bond acceptors (Lipinski definition) is 5. The number of alkyl carbamates (subject to hydrolysis) is 1. The number of terminal acetylenes is 1. The summed E-state index contributed by atoms with van der Waals surface area (Å²) in [5.41, 5.74) is 6.79. The van der Waals surface area contributed by atoms with Crippen molar-refractivity contribution in [2.24, 2.45) is 5.73 Å². The van der Waals surface area contributed by atoms with E-state index in [1.807, 2.05) is 6.92 Å². The molecule has 0 heterocycles. The number of unbranched alkanes of at least 4 members (excludes halogenated alkanes) is 1. The number of anilines is 1. The van der Waals surface area contributed by atoms with Crippen LogP contribution >= 0.6 is 11.6 Å². The van der Waals surface area contributed by atoms with Gasteiger partial charge >= 0.3 is 6.09 Å². The largest absolute Gasteiger partial charge is 0.444 e. The van der Waals surface area contributed by atoms with Gasteiger partial charge in [-0.2, -0.15) is 0 Å². The molecule has 4 amide bonds. The first-order chi connectivity index (χ1) is 18.8. The molecule has 2 unspecified atom stereocenters. The van der Waals surface area contributed by atoms with Gasteiger partial charge in [-0.05, 0) is 63.4 Å². The van der Waals surface area contributed by atoms with Crippen molar-refractivity contribution in [3.8, 4) is 12.3 Å². The van der Waals surface area contributed by atoms with Crippen LogP contribution in [0.1, 0.15) is 69.7 Å². The highest BCUT2D eigenvalue weighted by molar-refractivity contribution is 6.34. The Labute approximate surface area is 240 Å². The fourth-order valence-electron chi connectivity index (χ4n) is 3.96. The monoisotopic (exact) mass is 568 g/mol. The van der Waals surface area contributed by atoms with Crippen LogP contribution in [-0.2, 0) is 19.1 Å². The Morgan fingerprint density at radius 3 is 2.30 bits per heavy atom. The van der Waals surface area contributed by atoms with Crippen LogP contribution in [0.2, 0.25) is 5.02 Å².